The Bertz CT molecular complexity index is 1380. The first kappa shape index (κ1) is 28.0. The number of carbonyl (C=O) groups is 1. The Morgan fingerprint density at radius 1 is 1.10 bits per heavy atom. The van der Waals surface area contributed by atoms with E-state index >= 15 is 0 Å². The molecule has 2 fully saturated rings. The van der Waals surface area contributed by atoms with Gasteiger partial charge >= 0.3 is 0 Å². The number of hydrogen-bond donors (Lipinski definition) is 0. The summed E-state index contributed by atoms with van der Waals surface area (Å²) < 4.78 is 39.6. The number of fused-ring (bicyclic) bond motifs is 1. The van der Waals surface area contributed by atoms with Gasteiger partial charge in [-0.15, -0.1) is 0 Å². The van der Waals surface area contributed by atoms with Crippen molar-refractivity contribution in [3.05, 3.63) is 48.0 Å². The van der Waals surface area contributed by atoms with E-state index in [1.54, 1.807) is 40.6 Å². The summed E-state index contributed by atoms with van der Waals surface area (Å²) in [5.74, 6) is 1.08. The molecule has 5 rings (SSSR count). The van der Waals surface area contributed by atoms with E-state index in [1.807, 2.05) is 18.2 Å². The molecule has 0 bridgehead atoms. The fourth-order valence-corrected chi connectivity index (χ4v) is 7.48. The highest BCUT2D eigenvalue weighted by Crippen LogP contribution is 2.32. The smallest absolute Gasteiger partial charge is 0.260 e. The van der Waals surface area contributed by atoms with Gasteiger partial charge in [-0.1, -0.05) is 18.3 Å². The van der Waals surface area contributed by atoms with Crippen molar-refractivity contribution in [1.29, 1.82) is 0 Å². The average molecular weight is 573 g/mol. The van der Waals surface area contributed by atoms with Gasteiger partial charge in [-0.05, 0) is 67.6 Å². The standard InChI is InChI=1S/C28H36N4O5S2/c1-21-10-14-31(15-11-21)39(34,35)24-7-4-22(5-8-24)27(33)32(13-3-12-30-16-18-37-19-17-30)28-29-25-9-6-23(36-2)20-26(25)38-28/h4-9,20-21H,3,10-19H2,1-2H3. The van der Waals surface area contributed by atoms with Crippen LogP contribution in [0.2, 0.25) is 0 Å². The van der Waals surface area contributed by atoms with Gasteiger partial charge in [0.1, 0.15) is 5.75 Å². The van der Waals surface area contributed by atoms with Crippen LogP contribution in [0, 0.1) is 5.92 Å². The fraction of sp³-hybridized carbons (Fsp3) is 0.500. The lowest BCUT2D eigenvalue weighted by Gasteiger charge is -2.29. The number of hydrogen-bond acceptors (Lipinski definition) is 8. The zero-order valence-corrected chi connectivity index (χ0v) is 24.2. The first-order chi connectivity index (χ1) is 18.8. The van der Waals surface area contributed by atoms with Crippen molar-refractivity contribution in [1.82, 2.24) is 14.2 Å². The number of piperidine rings is 1. The van der Waals surface area contributed by atoms with E-state index < -0.39 is 10.0 Å². The molecule has 11 heteroatoms. The van der Waals surface area contributed by atoms with Crippen LogP contribution in [0.1, 0.15) is 36.5 Å². The molecule has 2 saturated heterocycles. The lowest BCUT2D eigenvalue weighted by molar-refractivity contribution is 0.0376. The maximum Gasteiger partial charge on any atom is 0.260 e. The molecule has 2 aliphatic rings. The summed E-state index contributed by atoms with van der Waals surface area (Å²) in [6.45, 7) is 7.81. The number of aromatic nitrogens is 1. The number of sulfonamides is 1. The SMILES string of the molecule is COc1ccc2nc(N(CCCN3CCOCC3)C(=O)c3ccc(S(=O)(=O)N4CCC(C)CC4)cc3)sc2c1. The van der Waals surface area contributed by atoms with Crippen LogP contribution in [-0.4, -0.2) is 88.1 Å². The summed E-state index contributed by atoms with van der Waals surface area (Å²) in [5, 5.41) is 0.615. The lowest BCUT2D eigenvalue weighted by Crippen LogP contribution is -2.39. The number of thiazole rings is 1. The topological polar surface area (TPSA) is 92.3 Å². The van der Waals surface area contributed by atoms with Gasteiger partial charge in [0, 0.05) is 44.8 Å². The molecule has 2 aliphatic heterocycles. The molecule has 0 spiro atoms. The van der Waals surface area contributed by atoms with E-state index in [2.05, 4.69) is 11.8 Å². The molecule has 1 amide bonds. The number of amides is 1. The Kier molecular flexibility index (Phi) is 8.82. The first-order valence-corrected chi connectivity index (χ1v) is 15.8. The molecule has 0 N–H and O–H groups in total. The highest BCUT2D eigenvalue weighted by Gasteiger charge is 2.29. The van der Waals surface area contributed by atoms with Crippen molar-refractivity contribution in [2.24, 2.45) is 5.92 Å². The maximum atomic E-state index is 13.8. The third-order valence-electron chi connectivity index (χ3n) is 7.50. The van der Waals surface area contributed by atoms with Crippen LogP contribution < -0.4 is 9.64 Å². The molecule has 1 aromatic heterocycles. The van der Waals surface area contributed by atoms with Crippen molar-refractivity contribution >= 4 is 42.6 Å². The molecule has 3 aromatic rings. The molecular formula is C28H36N4O5S2. The highest BCUT2D eigenvalue weighted by atomic mass is 32.2. The normalized spacial score (nSPS) is 17.9. The van der Waals surface area contributed by atoms with Crippen molar-refractivity contribution in [3.63, 3.8) is 0 Å². The number of morpholine rings is 1. The van der Waals surface area contributed by atoms with Crippen molar-refractivity contribution in [3.8, 4) is 5.75 Å². The number of ether oxygens (including phenoxy) is 2. The van der Waals surface area contributed by atoms with Crippen LogP contribution >= 0.6 is 11.3 Å². The molecule has 0 aliphatic carbocycles. The van der Waals surface area contributed by atoms with Crippen molar-refractivity contribution < 1.29 is 22.7 Å². The summed E-state index contributed by atoms with van der Waals surface area (Å²) >= 11 is 1.45. The molecular weight excluding hydrogens is 536 g/mol. The largest absolute Gasteiger partial charge is 0.497 e. The summed E-state index contributed by atoms with van der Waals surface area (Å²) in [6, 6.07) is 12.0. The Morgan fingerprint density at radius 2 is 1.82 bits per heavy atom. The van der Waals surface area contributed by atoms with Gasteiger partial charge in [0.05, 0.1) is 35.4 Å². The number of rotatable bonds is 9. The van der Waals surface area contributed by atoms with Crippen molar-refractivity contribution in [2.45, 2.75) is 31.1 Å². The number of benzene rings is 2. The highest BCUT2D eigenvalue weighted by molar-refractivity contribution is 7.89. The quantitative estimate of drug-likeness (QED) is 0.381. The van der Waals surface area contributed by atoms with Crippen LogP contribution in [-0.2, 0) is 14.8 Å². The molecule has 0 unspecified atom stereocenters. The van der Waals surface area contributed by atoms with Crippen LogP contribution in [0.4, 0.5) is 5.13 Å². The number of methoxy groups -OCH3 is 1. The zero-order valence-electron chi connectivity index (χ0n) is 22.5. The van der Waals surface area contributed by atoms with Crippen molar-refractivity contribution in [2.75, 3.05) is 64.5 Å². The molecule has 0 radical (unpaired) electrons. The molecule has 210 valence electrons. The molecule has 3 heterocycles. The zero-order chi connectivity index (χ0) is 27.4. The molecule has 0 atom stereocenters. The van der Waals surface area contributed by atoms with E-state index in [0.29, 0.717) is 36.2 Å². The minimum atomic E-state index is -3.58. The Labute approximate surface area is 234 Å². The van der Waals surface area contributed by atoms with Gasteiger partial charge in [-0.2, -0.15) is 4.31 Å². The second kappa shape index (κ2) is 12.3. The minimum absolute atomic E-state index is 0.196. The van der Waals surface area contributed by atoms with Gasteiger partial charge < -0.3 is 9.47 Å². The van der Waals surface area contributed by atoms with E-state index in [-0.39, 0.29) is 10.8 Å². The first-order valence-electron chi connectivity index (χ1n) is 13.5. The predicted octanol–water partition coefficient (Wildman–Crippen LogP) is 4.09. The van der Waals surface area contributed by atoms with Crippen LogP contribution in [0.3, 0.4) is 0 Å². The van der Waals surface area contributed by atoms with E-state index in [4.69, 9.17) is 14.5 Å². The molecule has 39 heavy (non-hydrogen) atoms. The Hall–Kier alpha value is -2.57. The fourth-order valence-electron chi connectivity index (χ4n) is 5.00. The second-order valence-electron chi connectivity index (χ2n) is 10.2. The number of anilines is 1. The minimum Gasteiger partial charge on any atom is -0.497 e. The van der Waals surface area contributed by atoms with Gasteiger partial charge in [0.15, 0.2) is 5.13 Å². The Balaban J connectivity index is 1.36. The summed E-state index contributed by atoms with van der Waals surface area (Å²) in [6.07, 6.45) is 2.51. The van der Waals surface area contributed by atoms with Gasteiger partial charge in [-0.25, -0.2) is 13.4 Å². The number of nitrogens with zero attached hydrogens (tertiary/aromatic N) is 4. The van der Waals surface area contributed by atoms with E-state index in [1.165, 1.54) is 11.3 Å². The summed E-state index contributed by atoms with van der Waals surface area (Å²) in [7, 11) is -1.96. The van der Waals surface area contributed by atoms with Gasteiger partial charge in [-0.3, -0.25) is 14.6 Å². The predicted molar refractivity (Wildman–Crippen MR) is 153 cm³/mol. The Morgan fingerprint density at radius 3 is 2.51 bits per heavy atom. The van der Waals surface area contributed by atoms with Crippen LogP contribution in [0.15, 0.2) is 47.4 Å². The monoisotopic (exact) mass is 572 g/mol. The van der Waals surface area contributed by atoms with Gasteiger partial charge in [0.25, 0.3) is 5.91 Å². The van der Waals surface area contributed by atoms with Crippen LogP contribution in [0.25, 0.3) is 10.2 Å². The summed E-state index contributed by atoms with van der Waals surface area (Å²) in [5.41, 5.74) is 1.24. The maximum absolute atomic E-state index is 13.8. The van der Waals surface area contributed by atoms with E-state index in [0.717, 1.165) is 68.1 Å². The third-order valence-corrected chi connectivity index (χ3v) is 10.5. The van der Waals surface area contributed by atoms with Gasteiger partial charge in [0.2, 0.25) is 10.0 Å². The molecule has 9 nitrogen and oxygen atoms in total. The summed E-state index contributed by atoms with van der Waals surface area (Å²) in [4.78, 5) is 22.8. The molecule has 2 aromatic carbocycles. The van der Waals surface area contributed by atoms with E-state index in [9.17, 15) is 13.2 Å². The second-order valence-corrected chi connectivity index (χ2v) is 13.2. The molecule has 0 saturated carbocycles. The lowest BCUT2D eigenvalue weighted by atomic mass is 10.0. The third kappa shape index (κ3) is 6.44. The number of carbonyl (C=O) groups excluding carboxylic acids is 1. The van der Waals surface area contributed by atoms with Crippen LogP contribution in [0.5, 0.6) is 5.75 Å². The average Bonchev–Trinajstić information content (AvgIpc) is 3.39.